The molecule has 0 aliphatic carbocycles. The maximum atomic E-state index is 12.3. The Morgan fingerprint density at radius 1 is 1.40 bits per heavy atom. The molecule has 2 heterocycles. The van der Waals surface area contributed by atoms with Gasteiger partial charge in [-0.25, -0.2) is 4.98 Å². The molecule has 0 atom stereocenters. The molecule has 0 unspecified atom stereocenters. The zero-order valence-electron chi connectivity index (χ0n) is 9.72. The number of anilines is 1. The third kappa shape index (κ3) is 4.17. The number of alkyl halides is 3. The van der Waals surface area contributed by atoms with Crippen LogP contribution in [0.2, 0.25) is 0 Å². The average Bonchev–Trinajstić information content (AvgIpc) is 2.88. The molecule has 0 bridgehead atoms. The number of aromatic nitrogens is 3. The average molecular weight is 320 g/mol. The van der Waals surface area contributed by atoms with Crippen LogP contribution in [0.5, 0.6) is 0 Å². The summed E-state index contributed by atoms with van der Waals surface area (Å²) in [4.78, 5) is 15.2. The molecule has 5 nitrogen and oxygen atoms in total. The molecule has 2 rings (SSSR count). The molecular weight excluding hydrogens is 313 g/mol. The molecule has 0 aliphatic rings. The maximum Gasteiger partial charge on any atom is 0.417 e. The van der Waals surface area contributed by atoms with Gasteiger partial charge in [-0.3, -0.25) is 10.1 Å². The molecule has 106 valence electrons. The van der Waals surface area contributed by atoms with Crippen LogP contribution in [0.4, 0.5) is 18.3 Å². The minimum absolute atomic E-state index is 0.0257. The summed E-state index contributed by atoms with van der Waals surface area (Å²) in [7, 11) is 0. The Morgan fingerprint density at radius 3 is 2.75 bits per heavy atom. The van der Waals surface area contributed by atoms with Crippen molar-refractivity contribution in [1.82, 2.24) is 15.2 Å². The van der Waals surface area contributed by atoms with Crippen LogP contribution in [-0.2, 0) is 11.0 Å². The van der Waals surface area contributed by atoms with Gasteiger partial charge in [0, 0.05) is 6.20 Å². The van der Waals surface area contributed by atoms with E-state index in [1.165, 1.54) is 22.9 Å². The van der Waals surface area contributed by atoms with E-state index in [4.69, 9.17) is 0 Å². The van der Waals surface area contributed by atoms with Crippen LogP contribution in [0.1, 0.15) is 5.56 Å². The summed E-state index contributed by atoms with van der Waals surface area (Å²) in [5.74, 6) is -0.300. The SMILES string of the molecule is O=C(CSc1ccc(C(F)(F)F)cn1)Nc1nncs1. The van der Waals surface area contributed by atoms with Gasteiger partial charge >= 0.3 is 6.18 Å². The first-order valence-electron chi connectivity index (χ1n) is 5.17. The van der Waals surface area contributed by atoms with E-state index in [9.17, 15) is 18.0 Å². The largest absolute Gasteiger partial charge is 0.417 e. The molecule has 0 spiro atoms. The van der Waals surface area contributed by atoms with Gasteiger partial charge in [-0.2, -0.15) is 13.2 Å². The smallest absolute Gasteiger partial charge is 0.300 e. The van der Waals surface area contributed by atoms with Crippen LogP contribution in [0.15, 0.2) is 28.9 Å². The van der Waals surface area contributed by atoms with Crippen molar-refractivity contribution in [1.29, 1.82) is 0 Å². The molecule has 0 aromatic carbocycles. The summed E-state index contributed by atoms with van der Waals surface area (Å²) in [6.45, 7) is 0. The summed E-state index contributed by atoms with van der Waals surface area (Å²) in [5, 5.41) is 10.4. The van der Waals surface area contributed by atoms with Crippen molar-refractivity contribution in [3.63, 3.8) is 0 Å². The van der Waals surface area contributed by atoms with Crippen LogP contribution in [0.3, 0.4) is 0 Å². The molecular formula is C10H7F3N4OS2. The van der Waals surface area contributed by atoms with Crippen molar-refractivity contribution in [2.24, 2.45) is 0 Å². The standard InChI is InChI=1S/C10H7F3N4OS2/c11-10(12,13)6-1-2-8(14-3-6)19-4-7(18)16-9-17-15-5-20-9/h1-3,5H,4H2,(H,16,17,18). The lowest BCUT2D eigenvalue weighted by Crippen LogP contribution is -2.14. The third-order valence-electron chi connectivity index (χ3n) is 2.02. The summed E-state index contributed by atoms with van der Waals surface area (Å²) in [6, 6.07) is 2.16. The fraction of sp³-hybridized carbons (Fsp3) is 0.200. The zero-order valence-corrected chi connectivity index (χ0v) is 11.3. The Morgan fingerprint density at radius 2 is 2.20 bits per heavy atom. The van der Waals surface area contributed by atoms with E-state index in [2.05, 4.69) is 20.5 Å². The Balaban J connectivity index is 1.86. The van der Waals surface area contributed by atoms with Gasteiger partial charge in [0.15, 0.2) is 0 Å². The van der Waals surface area contributed by atoms with Gasteiger partial charge in [0.05, 0.1) is 16.3 Å². The van der Waals surface area contributed by atoms with Gasteiger partial charge in [-0.1, -0.05) is 23.1 Å². The van der Waals surface area contributed by atoms with Crippen molar-refractivity contribution in [3.05, 3.63) is 29.4 Å². The molecule has 2 aromatic heterocycles. The number of carbonyl (C=O) groups excluding carboxylic acids is 1. The lowest BCUT2D eigenvalue weighted by molar-refractivity contribution is -0.137. The molecule has 1 amide bonds. The van der Waals surface area contributed by atoms with Crippen LogP contribution in [0.25, 0.3) is 0 Å². The topological polar surface area (TPSA) is 67.8 Å². The fourth-order valence-electron chi connectivity index (χ4n) is 1.16. The fourth-order valence-corrected chi connectivity index (χ4v) is 2.26. The van der Waals surface area contributed by atoms with E-state index in [0.29, 0.717) is 10.2 Å². The highest BCUT2D eigenvalue weighted by molar-refractivity contribution is 7.99. The first-order valence-corrected chi connectivity index (χ1v) is 7.04. The van der Waals surface area contributed by atoms with Gasteiger partial charge in [0.2, 0.25) is 11.0 Å². The van der Waals surface area contributed by atoms with Gasteiger partial charge in [-0.15, -0.1) is 10.2 Å². The zero-order chi connectivity index (χ0) is 14.6. The number of nitrogens with zero attached hydrogens (tertiary/aromatic N) is 3. The lowest BCUT2D eigenvalue weighted by Gasteiger charge is -2.06. The maximum absolute atomic E-state index is 12.3. The summed E-state index contributed by atoms with van der Waals surface area (Å²) >= 11 is 2.21. The number of hydrogen-bond donors (Lipinski definition) is 1. The normalized spacial score (nSPS) is 11.3. The quantitative estimate of drug-likeness (QED) is 0.877. The lowest BCUT2D eigenvalue weighted by atomic mass is 10.3. The van der Waals surface area contributed by atoms with E-state index in [1.54, 1.807) is 0 Å². The Bertz CT molecular complexity index is 571. The van der Waals surface area contributed by atoms with E-state index in [-0.39, 0.29) is 11.7 Å². The molecule has 2 aromatic rings. The van der Waals surface area contributed by atoms with Crippen molar-refractivity contribution < 1.29 is 18.0 Å². The van der Waals surface area contributed by atoms with Crippen molar-refractivity contribution in [2.75, 3.05) is 11.1 Å². The molecule has 0 saturated heterocycles. The second kappa shape index (κ2) is 6.18. The van der Waals surface area contributed by atoms with Crippen molar-refractivity contribution >= 4 is 34.1 Å². The van der Waals surface area contributed by atoms with Crippen LogP contribution in [0, 0.1) is 0 Å². The molecule has 0 fully saturated rings. The van der Waals surface area contributed by atoms with Crippen molar-refractivity contribution in [3.8, 4) is 0 Å². The van der Waals surface area contributed by atoms with E-state index in [1.807, 2.05) is 0 Å². The Kier molecular flexibility index (Phi) is 4.55. The monoisotopic (exact) mass is 320 g/mol. The van der Waals surface area contributed by atoms with Gasteiger partial charge in [0.1, 0.15) is 5.51 Å². The van der Waals surface area contributed by atoms with Crippen LogP contribution >= 0.6 is 23.1 Å². The first-order chi connectivity index (χ1) is 9.45. The number of pyridine rings is 1. The molecule has 0 aliphatic heterocycles. The highest BCUT2D eigenvalue weighted by Gasteiger charge is 2.30. The number of hydrogen-bond acceptors (Lipinski definition) is 6. The number of halogens is 3. The van der Waals surface area contributed by atoms with Crippen LogP contribution in [-0.4, -0.2) is 26.8 Å². The minimum Gasteiger partial charge on any atom is -0.300 e. The highest BCUT2D eigenvalue weighted by atomic mass is 32.2. The third-order valence-corrected chi connectivity index (χ3v) is 3.57. The summed E-state index contributed by atoms with van der Waals surface area (Å²) in [6.07, 6.45) is -3.67. The molecule has 0 radical (unpaired) electrons. The minimum atomic E-state index is -4.41. The van der Waals surface area contributed by atoms with Crippen molar-refractivity contribution in [2.45, 2.75) is 11.2 Å². The molecule has 0 saturated carbocycles. The number of rotatable bonds is 4. The van der Waals surface area contributed by atoms with E-state index >= 15 is 0 Å². The predicted molar refractivity (Wildman–Crippen MR) is 68.5 cm³/mol. The number of carbonyl (C=O) groups is 1. The Labute approximate surface area is 119 Å². The second-order valence-electron chi connectivity index (χ2n) is 3.46. The van der Waals surface area contributed by atoms with Gasteiger partial charge < -0.3 is 0 Å². The number of amides is 1. The second-order valence-corrected chi connectivity index (χ2v) is 5.29. The molecule has 10 heteroatoms. The first kappa shape index (κ1) is 14.7. The van der Waals surface area contributed by atoms with Crippen LogP contribution < -0.4 is 5.32 Å². The number of thioether (sulfide) groups is 1. The molecule has 20 heavy (non-hydrogen) atoms. The van der Waals surface area contributed by atoms with Gasteiger partial charge in [0.25, 0.3) is 0 Å². The predicted octanol–water partition coefficient (Wildman–Crippen LogP) is 2.68. The van der Waals surface area contributed by atoms with Gasteiger partial charge in [-0.05, 0) is 12.1 Å². The Hall–Kier alpha value is -1.68. The highest BCUT2D eigenvalue weighted by Crippen LogP contribution is 2.29. The summed E-state index contributed by atoms with van der Waals surface area (Å²) in [5.41, 5.74) is 0.653. The molecule has 1 N–H and O–H groups in total. The van der Waals surface area contributed by atoms with E-state index in [0.717, 1.165) is 24.0 Å². The number of nitrogens with one attached hydrogen (secondary N) is 1. The summed E-state index contributed by atoms with van der Waals surface area (Å²) < 4.78 is 37.0. The van der Waals surface area contributed by atoms with E-state index < -0.39 is 11.7 Å².